The molecule has 3 rings (SSSR count). The van der Waals surface area contributed by atoms with E-state index in [1.165, 1.54) is 0 Å². The molecule has 0 aliphatic carbocycles. The van der Waals surface area contributed by atoms with Gasteiger partial charge in [-0.05, 0) is 55.4 Å². The Labute approximate surface area is 173 Å². The lowest BCUT2D eigenvalue weighted by Crippen LogP contribution is -2.30. The summed E-state index contributed by atoms with van der Waals surface area (Å²) in [6.07, 6.45) is 3.06. The van der Waals surface area contributed by atoms with Gasteiger partial charge in [0.1, 0.15) is 5.75 Å². The highest BCUT2D eigenvalue weighted by atomic mass is 16.5. The van der Waals surface area contributed by atoms with Crippen molar-refractivity contribution in [2.75, 3.05) is 25.0 Å². The molecule has 1 unspecified atom stereocenters. The summed E-state index contributed by atoms with van der Waals surface area (Å²) in [5.41, 5.74) is 3.08. The molecular weight excluding hydrogens is 364 g/mol. The SMILES string of the molecule is CCC(C)c1ccccc1OCC(=O)Nc1cccc(C)c1C(=O)N1CCCC1. The number of amides is 2. The van der Waals surface area contributed by atoms with Crippen molar-refractivity contribution >= 4 is 17.5 Å². The fourth-order valence-corrected chi connectivity index (χ4v) is 3.70. The Morgan fingerprint density at radius 2 is 1.83 bits per heavy atom. The maximum Gasteiger partial charge on any atom is 0.262 e. The van der Waals surface area contributed by atoms with Crippen molar-refractivity contribution in [3.63, 3.8) is 0 Å². The molecule has 5 nitrogen and oxygen atoms in total. The fourth-order valence-electron chi connectivity index (χ4n) is 3.70. The van der Waals surface area contributed by atoms with E-state index in [0.29, 0.717) is 17.2 Å². The number of carbonyl (C=O) groups excluding carboxylic acids is 2. The molecule has 2 aromatic carbocycles. The van der Waals surface area contributed by atoms with Crippen LogP contribution in [0, 0.1) is 6.92 Å². The number of nitrogens with zero attached hydrogens (tertiary/aromatic N) is 1. The quantitative estimate of drug-likeness (QED) is 0.736. The lowest BCUT2D eigenvalue weighted by atomic mass is 9.98. The highest BCUT2D eigenvalue weighted by molar-refractivity contribution is 6.05. The van der Waals surface area contributed by atoms with E-state index in [0.717, 1.165) is 49.2 Å². The number of nitrogens with one attached hydrogen (secondary N) is 1. The molecular formula is C24H30N2O3. The lowest BCUT2D eigenvalue weighted by molar-refractivity contribution is -0.118. The van der Waals surface area contributed by atoms with Crippen LogP contribution in [0.4, 0.5) is 5.69 Å². The van der Waals surface area contributed by atoms with E-state index in [-0.39, 0.29) is 18.4 Å². The third kappa shape index (κ3) is 4.97. The molecule has 2 amide bonds. The van der Waals surface area contributed by atoms with Gasteiger partial charge in [-0.1, -0.05) is 44.2 Å². The van der Waals surface area contributed by atoms with Crippen LogP contribution in [0.5, 0.6) is 5.75 Å². The second-order valence-corrected chi connectivity index (χ2v) is 7.68. The Morgan fingerprint density at radius 3 is 2.55 bits per heavy atom. The molecule has 0 radical (unpaired) electrons. The molecule has 0 bridgehead atoms. The van der Waals surface area contributed by atoms with Gasteiger partial charge in [0.25, 0.3) is 11.8 Å². The summed E-state index contributed by atoms with van der Waals surface area (Å²) >= 11 is 0. The summed E-state index contributed by atoms with van der Waals surface area (Å²) in [7, 11) is 0. The van der Waals surface area contributed by atoms with Crippen molar-refractivity contribution in [3.8, 4) is 5.75 Å². The molecule has 1 aliphatic rings. The first-order chi connectivity index (χ1) is 14.0. The third-order valence-corrected chi connectivity index (χ3v) is 5.58. The predicted octanol–water partition coefficient (Wildman–Crippen LogP) is 4.76. The summed E-state index contributed by atoms with van der Waals surface area (Å²) in [5.74, 6) is 0.800. The minimum atomic E-state index is -0.273. The molecule has 1 heterocycles. The number of likely N-dealkylation sites (tertiary alicyclic amines) is 1. The fraction of sp³-hybridized carbons (Fsp3) is 0.417. The smallest absolute Gasteiger partial charge is 0.262 e. The zero-order valence-electron chi connectivity index (χ0n) is 17.5. The zero-order valence-corrected chi connectivity index (χ0v) is 17.5. The molecule has 1 fully saturated rings. The minimum absolute atomic E-state index is 0.0149. The van der Waals surface area contributed by atoms with Crippen LogP contribution in [0.1, 0.15) is 60.5 Å². The van der Waals surface area contributed by atoms with Crippen LogP contribution >= 0.6 is 0 Å². The van der Waals surface area contributed by atoms with Gasteiger partial charge in [-0.25, -0.2) is 0 Å². The van der Waals surface area contributed by atoms with Gasteiger partial charge in [0.2, 0.25) is 0 Å². The van der Waals surface area contributed by atoms with Crippen LogP contribution in [0.15, 0.2) is 42.5 Å². The standard InChI is InChI=1S/C24H30N2O3/c1-4-17(2)19-11-5-6-13-21(19)29-16-22(27)25-20-12-9-10-18(3)23(20)24(28)26-14-7-8-15-26/h5-6,9-13,17H,4,7-8,14-16H2,1-3H3,(H,25,27). The molecule has 29 heavy (non-hydrogen) atoms. The molecule has 154 valence electrons. The first-order valence-electron chi connectivity index (χ1n) is 10.4. The Balaban J connectivity index is 1.70. The van der Waals surface area contributed by atoms with Gasteiger partial charge in [-0.3, -0.25) is 9.59 Å². The predicted molar refractivity (Wildman–Crippen MR) is 116 cm³/mol. The summed E-state index contributed by atoms with van der Waals surface area (Å²) in [4.78, 5) is 27.4. The number of para-hydroxylation sites is 1. The summed E-state index contributed by atoms with van der Waals surface area (Å²) in [5, 5.41) is 2.88. The number of anilines is 1. The number of ether oxygens (including phenoxy) is 1. The van der Waals surface area contributed by atoms with E-state index in [1.807, 2.05) is 48.2 Å². The number of hydrogen-bond donors (Lipinski definition) is 1. The van der Waals surface area contributed by atoms with Crippen LogP contribution in [-0.4, -0.2) is 36.4 Å². The van der Waals surface area contributed by atoms with E-state index in [4.69, 9.17) is 4.74 Å². The number of hydrogen-bond acceptors (Lipinski definition) is 3. The molecule has 1 saturated heterocycles. The molecule has 5 heteroatoms. The van der Waals surface area contributed by atoms with Gasteiger partial charge in [0.15, 0.2) is 6.61 Å². The van der Waals surface area contributed by atoms with E-state index in [1.54, 1.807) is 6.07 Å². The summed E-state index contributed by atoms with van der Waals surface area (Å²) in [6, 6.07) is 13.4. The Hall–Kier alpha value is -2.82. The Morgan fingerprint density at radius 1 is 1.10 bits per heavy atom. The van der Waals surface area contributed by atoms with Crippen molar-refractivity contribution < 1.29 is 14.3 Å². The van der Waals surface area contributed by atoms with Crippen molar-refractivity contribution in [2.45, 2.75) is 46.0 Å². The summed E-state index contributed by atoms with van der Waals surface area (Å²) in [6.45, 7) is 7.62. The highest BCUT2D eigenvalue weighted by Crippen LogP contribution is 2.28. The van der Waals surface area contributed by atoms with Gasteiger partial charge in [0.05, 0.1) is 11.3 Å². The Kier molecular flexibility index (Phi) is 6.91. The number of aryl methyl sites for hydroxylation is 1. The van der Waals surface area contributed by atoms with E-state index >= 15 is 0 Å². The van der Waals surface area contributed by atoms with E-state index < -0.39 is 0 Å². The van der Waals surface area contributed by atoms with Gasteiger partial charge in [-0.15, -0.1) is 0 Å². The van der Waals surface area contributed by atoms with Crippen LogP contribution in [0.3, 0.4) is 0 Å². The topological polar surface area (TPSA) is 58.6 Å². The maximum absolute atomic E-state index is 12.9. The van der Waals surface area contributed by atoms with Crippen LogP contribution < -0.4 is 10.1 Å². The molecule has 2 aromatic rings. The van der Waals surface area contributed by atoms with Crippen LogP contribution in [-0.2, 0) is 4.79 Å². The number of benzene rings is 2. The molecule has 1 N–H and O–H groups in total. The number of rotatable bonds is 7. The monoisotopic (exact) mass is 394 g/mol. The van der Waals surface area contributed by atoms with E-state index in [9.17, 15) is 9.59 Å². The van der Waals surface area contributed by atoms with Crippen molar-refractivity contribution in [2.24, 2.45) is 0 Å². The van der Waals surface area contributed by atoms with Gasteiger partial charge in [-0.2, -0.15) is 0 Å². The minimum Gasteiger partial charge on any atom is -0.483 e. The van der Waals surface area contributed by atoms with Crippen molar-refractivity contribution in [3.05, 3.63) is 59.2 Å². The van der Waals surface area contributed by atoms with Crippen LogP contribution in [0.25, 0.3) is 0 Å². The highest BCUT2D eigenvalue weighted by Gasteiger charge is 2.24. The molecule has 1 aliphatic heterocycles. The first-order valence-corrected chi connectivity index (χ1v) is 10.4. The molecule has 0 aromatic heterocycles. The molecule has 0 spiro atoms. The number of carbonyl (C=O) groups is 2. The van der Waals surface area contributed by atoms with E-state index in [2.05, 4.69) is 19.2 Å². The van der Waals surface area contributed by atoms with Gasteiger partial charge < -0.3 is 15.0 Å². The maximum atomic E-state index is 12.9. The average molecular weight is 395 g/mol. The Bertz CT molecular complexity index is 872. The lowest BCUT2D eigenvalue weighted by Gasteiger charge is -2.20. The average Bonchev–Trinajstić information content (AvgIpc) is 3.26. The normalized spacial score (nSPS) is 14.5. The van der Waals surface area contributed by atoms with Crippen LogP contribution in [0.2, 0.25) is 0 Å². The first kappa shape index (κ1) is 20.9. The third-order valence-electron chi connectivity index (χ3n) is 5.58. The van der Waals surface area contributed by atoms with Gasteiger partial charge >= 0.3 is 0 Å². The van der Waals surface area contributed by atoms with Crippen molar-refractivity contribution in [1.29, 1.82) is 0 Å². The largest absolute Gasteiger partial charge is 0.483 e. The van der Waals surface area contributed by atoms with Gasteiger partial charge in [0, 0.05) is 13.1 Å². The zero-order chi connectivity index (χ0) is 20.8. The molecule has 0 saturated carbocycles. The second kappa shape index (κ2) is 9.59. The summed E-state index contributed by atoms with van der Waals surface area (Å²) < 4.78 is 5.82. The molecule has 1 atom stereocenters. The second-order valence-electron chi connectivity index (χ2n) is 7.68. The van der Waals surface area contributed by atoms with Crippen molar-refractivity contribution in [1.82, 2.24) is 4.90 Å².